The molecule has 1 rings (SSSR count). The predicted octanol–water partition coefficient (Wildman–Crippen LogP) is 1.17. The first-order chi connectivity index (χ1) is 6.15. The topological polar surface area (TPSA) is 49.3 Å². The quantitative estimate of drug-likeness (QED) is 0.739. The molecule has 13 heavy (non-hydrogen) atoms. The maximum absolute atomic E-state index is 12.5. The molecule has 0 bridgehead atoms. The Balaban J connectivity index is 2.92. The van der Waals surface area contributed by atoms with Crippen LogP contribution in [0.1, 0.15) is 11.6 Å². The number of rotatable bonds is 3. The van der Waals surface area contributed by atoms with Crippen LogP contribution in [0.2, 0.25) is 0 Å². The normalized spacial score (nSPS) is 12.5. The number of likely N-dealkylation sites (N-methyl/N-ethyl adjacent to an activating group) is 1. The average molecular weight is 183 g/mol. The number of carboxylic acids is 1. The SMILES string of the molecule is CN[C@@H](C(=O)O)c1ccc(F)cc1. The molecule has 1 atom stereocenters. The fourth-order valence-electron chi connectivity index (χ4n) is 1.09. The van der Waals surface area contributed by atoms with E-state index in [4.69, 9.17) is 5.11 Å². The average Bonchev–Trinajstić information content (AvgIpc) is 2.09. The van der Waals surface area contributed by atoms with Gasteiger partial charge in [0.2, 0.25) is 0 Å². The molecule has 0 spiro atoms. The summed E-state index contributed by atoms with van der Waals surface area (Å²) < 4.78 is 12.5. The Labute approximate surface area is 75.2 Å². The number of aliphatic carboxylic acids is 1. The van der Waals surface area contributed by atoms with Crippen molar-refractivity contribution in [2.24, 2.45) is 0 Å². The molecule has 0 fully saturated rings. The number of carbonyl (C=O) groups is 1. The van der Waals surface area contributed by atoms with Crippen LogP contribution in [0.5, 0.6) is 0 Å². The summed E-state index contributed by atoms with van der Waals surface area (Å²) in [6.45, 7) is 0. The number of carboxylic acid groups (broad SMARTS) is 1. The van der Waals surface area contributed by atoms with Crippen LogP contribution >= 0.6 is 0 Å². The maximum atomic E-state index is 12.5. The molecule has 0 aliphatic carbocycles. The van der Waals surface area contributed by atoms with E-state index in [0.717, 1.165) is 0 Å². The second-order valence-electron chi connectivity index (χ2n) is 2.61. The Morgan fingerprint density at radius 2 is 2.00 bits per heavy atom. The number of halogens is 1. The van der Waals surface area contributed by atoms with Crippen LogP contribution in [0.25, 0.3) is 0 Å². The third-order valence-corrected chi connectivity index (χ3v) is 1.74. The molecule has 0 saturated heterocycles. The van der Waals surface area contributed by atoms with Crippen molar-refractivity contribution in [1.29, 1.82) is 0 Å². The first-order valence-electron chi connectivity index (χ1n) is 3.80. The van der Waals surface area contributed by atoms with Gasteiger partial charge in [0.25, 0.3) is 0 Å². The zero-order valence-electron chi connectivity index (χ0n) is 7.12. The van der Waals surface area contributed by atoms with Gasteiger partial charge in [-0.15, -0.1) is 0 Å². The molecule has 3 nitrogen and oxygen atoms in total. The van der Waals surface area contributed by atoms with Crippen molar-refractivity contribution in [3.05, 3.63) is 35.6 Å². The number of hydrogen-bond acceptors (Lipinski definition) is 2. The van der Waals surface area contributed by atoms with E-state index in [9.17, 15) is 9.18 Å². The molecular formula is C9H10FNO2. The highest BCUT2D eigenvalue weighted by Crippen LogP contribution is 2.12. The molecule has 4 heteroatoms. The Kier molecular flexibility index (Phi) is 2.97. The number of nitrogens with one attached hydrogen (secondary N) is 1. The lowest BCUT2D eigenvalue weighted by Crippen LogP contribution is -2.24. The molecule has 0 amide bonds. The third-order valence-electron chi connectivity index (χ3n) is 1.74. The van der Waals surface area contributed by atoms with Crippen LogP contribution in [0.3, 0.4) is 0 Å². The van der Waals surface area contributed by atoms with E-state index < -0.39 is 12.0 Å². The Morgan fingerprint density at radius 3 is 2.38 bits per heavy atom. The molecule has 70 valence electrons. The van der Waals surface area contributed by atoms with Gasteiger partial charge in [0.05, 0.1) is 0 Å². The minimum Gasteiger partial charge on any atom is -0.480 e. The molecule has 0 unspecified atom stereocenters. The van der Waals surface area contributed by atoms with Crippen molar-refractivity contribution in [3.8, 4) is 0 Å². The summed E-state index contributed by atoms with van der Waals surface area (Å²) in [5.41, 5.74) is 0.538. The summed E-state index contributed by atoms with van der Waals surface area (Å²) in [7, 11) is 1.54. The largest absolute Gasteiger partial charge is 0.480 e. The molecule has 0 heterocycles. The van der Waals surface area contributed by atoms with Gasteiger partial charge < -0.3 is 10.4 Å². The Bertz CT molecular complexity index is 297. The highest BCUT2D eigenvalue weighted by molar-refractivity contribution is 5.75. The lowest BCUT2D eigenvalue weighted by Gasteiger charge is -2.10. The Morgan fingerprint density at radius 1 is 1.46 bits per heavy atom. The molecule has 0 aliphatic heterocycles. The highest BCUT2D eigenvalue weighted by Gasteiger charge is 2.16. The summed E-state index contributed by atoms with van der Waals surface area (Å²) in [5.74, 6) is -1.35. The number of hydrogen-bond donors (Lipinski definition) is 2. The smallest absolute Gasteiger partial charge is 0.325 e. The molecule has 0 saturated carbocycles. The first kappa shape index (κ1) is 9.67. The standard InChI is InChI=1S/C9H10FNO2/c1-11-8(9(12)13)6-2-4-7(10)5-3-6/h2-5,8,11H,1H3,(H,12,13)/t8-/m1/s1. The predicted molar refractivity (Wildman–Crippen MR) is 45.8 cm³/mol. The zero-order valence-corrected chi connectivity index (χ0v) is 7.12. The van der Waals surface area contributed by atoms with Gasteiger partial charge in [-0.05, 0) is 24.7 Å². The van der Waals surface area contributed by atoms with Gasteiger partial charge in [-0.3, -0.25) is 4.79 Å². The second-order valence-corrected chi connectivity index (χ2v) is 2.61. The summed E-state index contributed by atoms with van der Waals surface area (Å²) in [4.78, 5) is 10.7. The van der Waals surface area contributed by atoms with Crippen LogP contribution in [0.4, 0.5) is 4.39 Å². The summed E-state index contributed by atoms with van der Waals surface area (Å²) in [5, 5.41) is 11.4. The van der Waals surface area contributed by atoms with Crippen molar-refractivity contribution >= 4 is 5.97 Å². The molecule has 2 N–H and O–H groups in total. The second kappa shape index (κ2) is 4.00. The minimum absolute atomic E-state index is 0.371. The monoisotopic (exact) mass is 183 g/mol. The van der Waals surface area contributed by atoms with Crippen LogP contribution in [0, 0.1) is 5.82 Å². The summed E-state index contributed by atoms with van der Waals surface area (Å²) >= 11 is 0. The van der Waals surface area contributed by atoms with Crippen molar-refractivity contribution in [2.45, 2.75) is 6.04 Å². The molecule has 0 aliphatic rings. The van der Waals surface area contributed by atoms with Crippen molar-refractivity contribution in [2.75, 3.05) is 7.05 Å². The van der Waals surface area contributed by atoms with E-state index in [-0.39, 0.29) is 5.82 Å². The van der Waals surface area contributed by atoms with Gasteiger partial charge >= 0.3 is 5.97 Å². The van der Waals surface area contributed by atoms with E-state index in [0.29, 0.717) is 5.56 Å². The van der Waals surface area contributed by atoms with E-state index in [1.165, 1.54) is 24.3 Å². The van der Waals surface area contributed by atoms with E-state index in [1.54, 1.807) is 7.05 Å². The van der Waals surface area contributed by atoms with E-state index >= 15 is 0 Å². The Hall–Kier alpha value is -1.42. The lowest BCUT2D eigenvalue weighted by molar-refractivity contribution is -0.139. The zero-order chi connectivity index (χ0) is 9.84. The lowest BCUT2D eigenvalue weighted by atomic mass is 10.1. The number of benzene rings is 1. The van der Waals surface area contributed by atoms with Crippen molar-refractivity contribution < 1.29 is 14.3 Å². The molecule has 1 aromatic rings. The van der Waals surface area contributed by atoms with Crippen molar-refractivity contribution in [1.82, 2.24) is 5.32 Å². The van der Waals surface area contributed by atoms with E-state index in [1.807, 2.05) is 0 Å². The van der Waals surface area contributed by atoms with Gasteiger partial charge in [-0.25, -0.2) is 4.39 Å². The van der Waals surface area contributed by atoms with Gasteiger partial charge in [0, 0.05) is 0 Å². The molecular weight excluding hydrogens is 173 g/mol. The van der Waals surface area contributed by atoms with E-state index in [2.05, 4.69) is 5.32 Å². The van der Waals surface area contributed by atoms with Crippen molar-refractivity contribution in [3.63, 3.8) is 0 Å². The van der Waals surface area contributed by atoms with Crippen LogP contribution in [0.15, 0.2) is 24.3 Å². The van der Waals surface area contributed by atoms with Gasteiger partial charge in [-0.2, -0.15) is 0 Å². The van der Waals surface area contributed by atoms with Gasteiger partial charge in [0.15, 0.2) is 0 Å². The summed E-state index contributed by atoms with van der Waals surface area (Å²) in [6.07, 6.45) is 0. The molecule has 0 aromatic heterocycles. The summed E-state index contributed by atoms with van der Waals surface area (Å²) in [6, 6.07) is 4.60. The minimum atomic E-state index is -0.978. The first-order valence-corrected chi connectivity index (χ1v) is 3.80. The third kappa shape index (κ3) is 2.26. The maximum Gasteiger partial charge on any atom is 0.325 e. The van der Waals surface area contributed by atoms with Gasteiger partial charge in [-0.1, -0.05) is 12.1 Å². The molecule has 0 radical (unpaired) electrons. The van der Waals surface area contributed by atoms with Crippen LogP contribution in [-0.2, 0) is 4.79 Å². The fourth-order valence-corrected chi connectivity index (χ4v) is 1.09. The van der Waals surface area contributed by atoms with Gasteiger partial charge in [0.1, 0.15) is 11.9 Å². The van der Waals surface area contributed by atoms with Crippen LogP contribution in [-0.4, -0.2) is 18.1 Å². The highest BCUT2D eigenvalue weighted by atomic mass is 19.1. The molecule has 1 aromatic carbocycles. The fraction of sp³-hybridized carbons (Fsp3) is 0.222. The van der Waals surface area contributed by atoms with Crippen LogP contribution < -0.4 is 5.32 Å².